The molecule has 0 N–H and O–H groups in total. The van der Waals surface area contributed by atoms with Crippen LogP contribution in [0, 0.1) is 0 Å². The van der Waals surface area contributed by atoms with E-state index < -0.39 is 5.97 Å². The molecule has 0 radical (unpaired) electrons. The number of aliphatic carboxylic acids is 1. The third kappa shape index (κ3) is 9.24. The molecule has 0 saturated carbocycles. The number of carboxylic acids is 1. The van der Waals surface area contributed by atoms with Gasteiger partial charge in [0.1, 0.15) is 0 Å². The number of benzene rings is 2. The van der Waals surface area contributed by atoms with E-state index >= 15 is 0 Å². The molecule has 2 aromatic carbocycles. The number of fused-ring (bicyclic) bond motifs is 2. The molecule has 35 heavy (non-hydrogen) atoms. The number of aromatic nitrogens is 2. The minimum atomic E-state index is -1.08. The summed E-state index contributed by atoms with van der Waals surface area (Å²) in [7, 11) is -0.305. The molecule has 4 aromatic rings. The van der Waals surface area contributed by atoms with E-state index in [2.05, 4.69) is 71.8 Å². The SMILES string of the molecule is Brc1ccc2scnc2c1.CC.CC(=O)[O-].CC1(C)OB(c2ccc3scnc3c2)OC1(C)C.[K+]. The fraction of sp³-hybridized carbons (Fsp3) is 0.375. The normalized spacial score (nSPS) is 15.0. The number of carbonyl (C=O) groups is 1. The van der Waals surface area contributed by atoms with Crippen molar-refractivity contribution in [2.75, 3.05) is 0 Å². The molecule has 182 valence electrons. The predicted octanol–water partition coefficient (Wildman–Crippen LogP) is 2.44. The first-order chi connectivity index (χ1) is 16.0. The van der Waals surface area contributed by atoms with Crippen LogP contribution in [0.3, 0.4) is 0 Å². The van der Waals surface area contributed by atoms with Crippen LogP contribution in [-0.2, 0) is 14.1 Å². The van der Waals surface area contributed by atoms with Gasteiger partial charge >= 0.3 is 58.5 Å². The molecule has 0 spiro atoms. The number of halogens is 1. The van der Waals surface area contributed by atoms with E-state index in [4.69, 9.17) is 19.2 Å². The Morgan fingerprint density at radius 2 is 1.34 bits per heavy atom. The van der Waals surface area contributed by atoms with Crippen LogP contribution in [0.4, 0.5) is 0 Å². The van der Waals surface area contributed by atoms with Gasteiger partial charge in [-0.25, -0.2) is 9.97 Å². The van der Waals surface area contributed by atoms with Gasteiger partial charge in [-0.15, -0.1) is 22.7 Å². The summed E-state index contributed by atoms with van der Waals surface area (Å²) in [5, 5.41) is 8.89. The van der Waals surface area contributed by atoms with E-state index in [0.29, 0.717) is 0 Å². The van der Waals surface area contributed by atoms with Crippen molar-refractivity contribution in [1.29, 1.82) is 0 Å². The summed E-state index contributed by atoms with van der Waals surface area (Å²) in [6.45, 7) is 13.2. The molecule has 0 aliphatic carbocycles. The average Bonchev–Trinajstić information content (AvgIpc) is 3.46. The van der Waals surface area contributed by atoms with Crippen LogP contribution < -0.4 is 62.0 Å². The Bertz CT molecular complexity index is 1210. The van der Waals surface area contributed by atoms with E-state index in [1.165, 1.54) is 9.40 Å². The van der Waals surface area contributed by atoms with Crippen molar-refractivity contribution in [1.82, 2.24) is 9.97 Å². The summed E-state index contributed by atoms with van der Waals surface area (Å²) < 4.78 is 15.6. The van der Waals surface area contributed by atoms with E-state index in [0.717, 1.165) is 27.9 Å². The number of thiazole rings is 2. The second-order valence-corrected chi connectivity index (χ2v) is 10.8. The van der Waals surface area contributed by atoms with Crippen LogP contribution in [0.25, 0.3) is 20.4 Å². The number of carbonyl (C=O) groups excluding carboxylic acids is 1. The quantitative estimate of drug-likeness (QED) is 0.311. The Morgan fingerprint density at radius 1 is 0.914 bits per heavy atom. The molecule has 1 fully saturated rings. The summed E-state index contributed by atoms with van der Waals surface area (Å²) in [5.41, 5.74) is 6.23. The van der Waals surface area contributed by atoms with E-state index in [-0.39, 0.29) is 69.7 Å². The maximum absolute atomic E-state index is 8.89. The van der Waals surface area contributed by atoms with Gasteiger partial charge in [-0.2, -0.15) is 0 Å². The monoisotopic (exact) mass is 602 g/mol. The fourth-order valence-electron chi connectivity index (χ4n) is 2.83. The van der Waals surface area contributed by atoms with Crippen LogP contribution in [0.2, 0.25) is 0 Å². The number of hydrogen-bond donors (Lipinski definition) is 0. The van der Waals surface area contributed by atoms with Crippen molar-refractivity contribution in [2.45, 2.75) is 59.7 Å². The molecule has 0 unspecified atom stereocenters. The number of rotatable bonds is 1. The predicted molar refractivity (Wildman–Crippen MR) is 145 cm³/mol. The molecular formula is C24H29BBrKN2O4S2. The van der Waals surface area contributed by atoms with Crippen LogP contribution in [0.1, 0.15) is 48.5 Å². The Kier molecular flexibility index (Phi) is 13.7. The number of nitrogens with zero attached hydrogens (tertiary/aromatic N) is 2. The van der Waals surface area contributed by atoms with E-state index in [1.54, 1.807) is 22.7 Å². The van der Waals surface area contributed by atoms with Gasteiger partial charge in [0, 0.05) is 10.4 Å². The summed E-state index contributed by atoms with van der Waals surface area (Å²) in [6, 6.07) is 12.3. The molecule has 2 aromatic heterocycles. The van der Waals surface area contributed by atoms with Crippen LogP contribution in [-0.4, -0.2) is 34.3 Å². The third-order valence-electron chi connectivity index (χ3n) is 5.17. The molecule has 0 amide bonds. The van der Waals surface area contributed by atoms with Gasteiger partial charge in [0.25, 0.3) is 0 Å². The Hall–Kier alpha value is -0.209. The standard InChI is InChI=1S/C13H16BNO2S.C7H4BrNS.C2H4O2.C2H6.K/c1-12(2)13(3,4)17-14(16-12)9-5-6-11-10(7-9)15-8-18-11;8-5-1-2-7-6(3-5)9-4-10-7;1-2(3)4;1-2;/h5-8H,1-4H3;1-4H;1H3,(H,3,4);1-2H3;/q;;;;+1/p-1. The van der Waals surface area contributed by atoms with Crippen molar-refractivity contribution in [3.8, 4) is 0 Å². The molecule has 6 nitrogen and oxygen atoms in total. The Morgan fingerprint density at radius 3 is 1.83 bits per heavy atom. The van der Waals surface area contributed by atoms with Gasteiger partial charge in [0.2, 0.25) is 0 Å². The molecule has 1 aliphatic heterocycles. The van der Waals surface area contributed by atoms with Gasteiger partial charge in [0.05, 0.1) is 42.7 Å². The van der Waals surface area contributed by atoms with Crippen LogP contribution >= 0.6 is 38.6 Å². The molecular weight excluding hydrogens is 574 g/mol. The first-order valence-electron chi connectivity index (χ1n) is 10.8. The molecule has 3 heterocycles. The Labute approximate surface area is 266 Å². The zero-order valence-electron chi connectivity index (χ0n) is 21.4. The minimum absolute atomic E-state index is 0. The fourth-order valence-corrected chi connectivity index (χ4v) is 4.50. The van der Waals surface area contributed by atoms with Gasteiger partial charge in [-0.05, 0) is 70.4 Å². The van der Waals surface area contributed by atoms with E-state index in [9.17, 15) is 0 Å². The van der Waals surface area contributed by atoms with Crippen molar-refractivity contribution in [3.63, 3.8) is 0 Å². The molecule has 1 saturated heterocycles. The number of carboxylic acid groups (broad SMARTS) is 1. The summed E-state index contributed by atoms with van der Waals surface area (Å²) >= 11 is 6.69. The molecule has 5 rings (SSSR count). The second kappa shape index (κ2) is 14.7. The summed E-state index contributed by atoms with van der Waals surface area (Å²) in [6.07, 6.45) is 0. The second-order valence-electron chi connectivity index (χ2n) is 8.12. The molecule has 0 bridgehead atoms. The zero-order chi connectivity index (χ0) is 25.5. The van der Waals surface area contributed by atoms with Crippen molar-refractivity contribution < 1.29 is 70.6 Å². The van der Waals surface area contributed by atoms with Crippen LogP contribution in [0.5, 0.6) is 0 Å². The molecule has 0 atom stereocenters. The zero-order valence-corrected chi connectivity index (χ0v) is 27.8. The maximum atomic E-state index is 8.89. The summed E-state index contributed by atoms with van der Waals surface area (Å²) in [5.74, 6) is -1.08. The smallest absolute Gasteiger partial charge is 0.550 e. The average molecular weight is 603 g/mol. The van der Waals surface area contributed by atoms with Gasteiger partial charge < -0.3 is 19.2 Å². The summed E-state index contributed by atoms with van der Waals surface area (Å²) in [4.78, 5) is 17.4. The van der Waals surface area contributed by atoms with Gasteiger partial charge in [-0.1, -0.05) is 35.8 Å². The molecule has 1 aliphatic rings. The first-order valence-corrected chi connectivity index (χ1v) is 13.4. The topological polar surface area (TPSA) is 84.4 Å². The van der Waals surface area contributed by atoms with E-state index in [1.807, 2.05) is 43.1 Å². The van der Waals surface area contributed by atoms with Gasteiger partial charge in [0.15, 0.2) is 0 Å². The first kappa shape index (κ1) is 32.8. The largest absolute Gasteiger partial charge is 1.00 e. The van der Waals surface area contributed by atoms with Crippen LogP contribution in [0.15, 0.2) is 51.9 Å². The third-order valence-corrected chi connectivity index (χ3v) is 7.29. The van der Waals surface area contributed by atoms with Crippen molar-refractivity contribution in [2.24, 2.45) is 0 Å². The van der Waals surface area contributed by atoms with Gasteiger partial charge in [-0.3, -0.25) is 0 Å². The van der Waals surface area contributed by atoms with Crippen molar-refractivity contribution >= 4 is 77.6 Å². The Balaban J connectivity index is 0.000000305. The van der Waals surface area contributed by atoms with Crippen molar-refractivity contribution in [3.05, 3.63) is 51.9 Å². The minimum Gasteiger partial charge on any atom is -0.550 e. The molecule has 11 heteroatoms. The number of hydrogen-bond acceptors (Lipinski definition) is 8. The maximum Gasteiger partial charge on any atom is 1.00 e.